The zero-order chi connectivity index (χ0) is 17.7. The number of esters is 1. The summed E-state index contributed by atoms with van der Waals surface area (Å²) in [5.41, 5.74) is 1.94. The van der Waals surface area contributed by atoms with E-state index >= 15 is 0 Å². The number of nitrogens with one attached hydrogen (secondary N) is 1. The van der Waals surface area contributed by atoms with Crippen LogP contribution in [0.5, 0.6) is 0 Å². The molecule has 2 aromatic rings. The average molecular weight is 394 g/mol. The van der Waals surface area contributed by atoms with E-state index < -0.39 is 23.8 Å². The molecular formula is C18H17BrFNO3. The molecule has 0 aliphatic heterocycles. The standard InChI is InChI=1S/C18H17BrFNO3/c1-3-12-4-7-14(8-5-12)21-17(22)11(2)24-18(23)15-9-6-13(20)10-16(15)19/h4-11H,3H2,1-2H3,(H,21,22)/t11-/m1/s1. The van der Waals surface area contributed by atoms with E-state index in [2.05, 4.69) is 21.2 Å². The maximum absolute atomic E-state index is 13.1. The van der Waals surface area contributed by atoms with E-state index in [0.29, 0.717) is 5.69 Å². The van der Waals surface area contributed by atoms with Gasteiger partial charge >= 0.3 is 5.97 Å². The molecule has 0 heterocycles. The number of carbonyl (C=O) groups is 2. The lowest BCUT2D eigenvalue weighted by Gasteiger charge is -2.14. The summed E-state index contributed by atoms with van der Waals surface area (Å²) in [5.74, 6) is -1.61. The van der Waals surface area contributed by atoms with Gasteiger partial charge in [-0.05, 0) is 65.2 Å². The molecule has 1 amide bonds. The zero-order valence-corrected chi connectivity index (χ0v) is 14.9. The van der Waals surface area contributed by atoms with Crippen molar-refractivity contribution in [3.05, 3.63) is 63.9 Å². The maximum Gasteiger partial charge on any atom is 0.340 e. The van der Waals surface area contributed by atoms with Crippen molar-refractivity contribution in [3.8, 4) is 0 Å². The molecule has 126 valence electrons. The summed E-state index contributed by atoms with van der Waals surface area (Å²) in [6.07, 6.45) is -0.0743. The second-order valence-corrected chi connectivity index (χ2v) is 6.07. The Hall–Kier alpha value is -2.21. The van der Waals surface area contributed by atoms with E-state index in [-0.39, 0.29) is 10.0 Å². The molecule has 0 saturated carbocycles. The summed E-state index contributed by atoms with van der Waals surface area (Å²) >= 11 is 3.10. The molecule has 4 nitrogen and oxygen atoms in total. The highest BCUT2D eigenvalue weighted by atomic mass is 79.9. The number of benzene rings is 2. The van der Waals surface area contributed by atoms with Crippen LogP contribution in [0.3, 0.4) is 0 Å². The Kier molecular flexibility index (Phi) is 6.09. The molecule has 0 spiro atoms. The normalized spacial score (nSPS) is 11.7. The first-order valence-corrected chi connectivity index (χ1v) is 8.26. The fraction of sp³-hybridized carbons (Fsp3) is 0.222. The fourth-order valence-corrected chi connectivity index (χ4v) is 2.51. The predicted molar refractivity (Wildman–Crippen MR) is 93.4 cm³/mol. The van der Waals surface area contributed by atoms with Crippen LogP contribution in [-0.4, -0.2) is 18.0 Å². The van der Waals surface area contributed by atoms with Crippen molar-refractivity contribution in [2.75, 3.05) is 5.32 Å². The maximum atomic E-state index is 13.1. The lowest BCUT2D eigenvalue weighted by Crippen LogP contribution is -2.30. The van der Waals surface area contributed by atoms with E-state index in [1.807, 2.05) is 19.1 Å². The molecule has 0 aliphatic rings. The molecule has 6 heteroatoms. The van der Waals surface area contributed by atoms with Gasteiger partial charge in [0.05, 0.1) is 5.56 Å². The van der Waals surface area contributed by atoms with E-state index in [1.165, 1.54) is 13.0 Å². The highest BCUT2D eigenvalue weighted by Crippen LogP contribution is 2.19. The van der Waals surface area contributed by atoms with Crippen LogP contribution in [0.2, 0.25) is 0 Å². The van der Waals surface area contributed by atoms with Crippen LogP contribution in [-0.2, 0) is 16.0 Å². The number of anilines is 1. The topological polar surface area (TPSA) is 55.4 Å². The summed E-state index contributed by atoms with van der Waals surface area (Å²) in [7, 11) is 0. The SMILES string of the molecule is CCc1ccc(NC(=O)[C@@H](C)OC(=O)c2ccc(F)cc2Br)cc1. The van der Waals surface area contributed by atoms with Crippen molar-refractivity contribution in [1.82, 2.24) is 0 Å². The number of hydrogen-bond acceptors (Lipinski definition) is 3. The van der Waals surface area contributed by atoms with E-state index in [9.17, 15) is 14.0 Å². The van der Waals surface area contributed by atoms with Gasteiger partial charge in [-0.25, -0.2) is 9.18 Å². The number of rotatable bonds is 5. The summed E-state index contributed by atoms with van der Waals surface area (Å²) < 4.78 is 18.5. The van der Waals surface area contributed by atoms with Gasteiger partial charge in [0.2, 0.25) is 0 Å². The van der Waals surface area contributed by atoms with Gasteiger partial charge in [-0.15, -0.1) is 0 Å². The third kappa shape index (κ3) is 4.64. The Labute approximate surface area is 148 Å². The molecule has 1 atom stereocenters. The Bertz CT molecular complexity index is 746. The summed E-state index contributed by atoms with van der Waals surface area (Å²) in [4.78, 5) is 24.2. The number of carbonyl (C=O) groups excluding carboxylic acids is 2. The smallest absolute Gasteiger partial charge is 0.340 e. The van der Waals surface area contributed by atoms with E-state index in [0.717, 1.165) is 24.1 Å². The number of ether oxygens (including phenoxy) is 1. The Morgan fingerprint density at radius 3 is 2.46 bits per heavy atom. The molecule has 24 heavy (non-hydrogen) atoms. The number of aryl methyl sites for hydroxylation is 1. The highest BCUT2D eigenvalue weighted by Gasteiger charge is 2.20. The number of amides is 1. The van der Waals surface area contributed by atoms with Gasteiger partial charge in [0.15, 0.2) is 6.10 Å². The molecule has 0 unspecified atom stereocenters. The molecule has 0 aromatic heterocycles. The Morgan fingerprint density at radius 2 is 1.88 bits per heavy atom. The van der Waals surface area contributed by atoms with Crippen LogP contribution >= 0.6 is 15.9 Å². The quantitative estimate of drug-likeness (QED) is 0.768. The summed E-state index contributed by atoms with van der Waals surface area (Å²) in [6.45, 7) is 3.52. The fourth-order valence-electron chi connectivity index (χ4n) is 2.00. The van der Waals surface area contributed by atoms with E-state index in [1.54, 1.807) is 12.1 Å². The highest BCUT2D eigenvalue weighted by molar-refractivity contribution is 9.10. The van der Waals surface area contributed by atoms with Gasteiger partial charge in [-0.1, -0.05) is 19.1 Å². The van der Waals surface area contributed by atoms with Gasteiger partial charge < -0.3 is 10.1 Å². The molecule has 0 fully saturated rings. The first kappa shape index (κ1) is 18.1. The van der Waals surface area contributed by atoms with Gasteiger partial charge in [0.25, 0.3) is 5.91 Å². The molecule has 1 N–H and O–H groups in total. The third-order valence-electron chi connectivity index (χ3n) is 3.43. The van der Waals surface area contributed by atoms with Crippen LogP contribution < -0.4 is 5.32 Å². The average Bonchev–Trinajstić information content (AvgIpc) is 2.55. The molecule has 0 bridgehead atoms. The van der Waals surface area contributed by atoms with Crippen LogP contribution in [0.1, 0.15) is 29.8 Å². The van der Waals surface area contributed by atoms with Gasteiger partial charge in [-0.3, -0.25) is 4.79 Å². The lowest BCUT2D eigenvalue weighted by molar-refractivity contribution is -0.123. The molecule has 0 aliphatic carbocycles. The van der Waals surface area contributed by atoms with Gasteiger partial charge in [0, 0.05) is 10.2 Å². The summed E-state index contributed by atoms with van der Waals surface area (Å²) in [6, 6.07) is 11.0. The second kappa shape index (κ2) is 8.06. The first-order valence-electron chi connectivity index (χ1n) is 7.46. The second-order valence-electron chi connectivity index (χ2n) is 5.21. The van der Waals surface area contributed by atoms with Gasteiger partial charge in [-0.2, -0.15) is 0 Å². The van der Waals surface area contributed by atoms with Crippen molar-refractivity contribution >= 4 is 33.5 Å². The Balaban J connectivity index is 1.98. The van der Waals surface area contributed by atoms with Crippen molar-refractivity contribution in [3.63, 3.8) is 0 Å². The number of hydrogen-bond donors (Lipinski definition) is 1. The molecule has 0 saturated heterocycles. The monoisotopic (exact) mass is 393 g/mol. The zero-order valence-electron chi connectivity index (χ0n) is 13.3. The Morgan fingerprint density at radius 1 is 1.21 bits per heavy atom. The molecule has 0 radical (unpaired) electrons. The van der Waals surface area contributed by atoms with Crippen molar-refractivity contribution in [1.29, 1.82) is 0 Å². The van der Waals surface area contributed by atoms with Crippen LogP contribution in [0.4, 0.5) is 10.1 Å². The minimum atomic E-state index is -0.986. The largest absolute Gasteiger partial charge is 0.449 e. The molecule has 2 rings (SSSR count). The minimum Gasteiger partial charge on any atom is -0.449 e. The predicted octanol–water partition coefficient (Wildman–Crippen LogP) is 4.33. The van der Waals surface area contributed by atoms with Crippen molar-refractivity contribution < 1.29 is 18.7 Å². The van der Waals surface area contributed by atoms with Crippen molar-refractivity contribution in [2.45, 2.75) is 26.4 Å². The van der Waals surface area contributed by atoms with Crippen molar-refractivity contribution in [2.24, 2.45) is 0 Å². The minimum absolute atomic E-state index is 0.156. The van der Waals surface area contributed by atoms with E-state index in [4.69, 9.17) is 4.74 Å². The lowest BCUT2D eigenvalue weighted by atomic mass is 10.1. The number of halogens is 2. The molecular weight excluding hydrogens is 377 g/mol. The summed E-state index contributed by atoms with van der Waals surface area (Å²) in [5, 5.41) is 2.69. The van der Waals surface area contributed by atoms with Crippen LogP contribution in [0.25, 0.3) is 0 Å². The first-order chi connectivity index (χ1) is 11.4. The van der Waals surface area contributed by atoms with Gasteiger partial charge in [0.1, 0.15) is 5.82 Å². The molecule has 2 aromatic carbocycles. The van der Waals surface area contributed by atoms with Crippen LogP contribution in [0.15, 0.2) is 46.9 Å². The van der Waals surface area contributed by atoms with Crippen LogP contribution in [0, 0.1) is 5.82 Å². The third-order valence-corrected chi connectivity index (χ3v) is 4.09.